The minimum absolute atomic E-state index is 0.0438. The van der Waals surface area contributed by atoms with Crippen LogP contribution in [0.2, 0.25) is 0 Å². The van der Waals surface area contributed by atoms with Gasteiger partial charge in [0.15, 0.2) is 0 Å². The average Bonchev–Trinajstić information content (AvgIpc) is 2.91. The Hall–Kier alpha value is -1.07. The second kappa shape index (κ2) is 5.71. The maximum atomic E-state index is 12.1. The lowest BCUT2D eigenvalue weighted by Gasteiger charge is -2.35. The molecule has 98 valence electrons. The molecule has 1 aromatic heterocycles. The van der Waals surface area contributed by atoms with Crippen LogP contribution in [0.1, 0.15) is 17.3 Å². The Labute approximate surface area is 115 Å². The zero-order chi connectivity index (χ0) is 13.1. The largest absolute Gasteiger partial charge is 0.338 e. The molecule has 1 aliphatic heterocycles. The molecule has 4 nitrogen and oxygen atoms in total. The number of thiophene rings is 1. The summed E-state index contributed by atoms with van der Waals surface area (Å²) >= 11 is 7.28. The minimum Gasteiger partial charge on any atom is -0.338 e. The maximum absolute atomic E-state index is 12.1. The fraction of sp³-hybridized carbons (Fsp3) is 0.500. The van der Waals surface area contributed by atoms with E-state index in [1.165, 1.54) is 11.3 Å². The first-order chi connectivity index (χ1) is 8.59. The SMILES string of the molecule is CC(Cl)C(=O)N1CCN(C(=O)c2ccsc2)CC1. The second-order valence-electron chi connectivity index (χ2n) is 4.25. The van der Waals surface area contributed by atoms with Gasteiger partial charge < -0.3 is 9.80 Å². The lowest BCUT2D eigenvalue weighted by atomic mass is 10.2. The zero-order valence-corrected chi connectivity index (χ0v) is 11.7. The summed E-state index contributed by atoms with van der Waals surface area (Å²) in [6.45, 7) is 3.94. The second-order valence-corrected chi connectivity index (χ2v) is 5.68. The molecular formula is C12H15ClN2O2S. The highest BCUT2D eigenvalue weighted by Gasteiger charge is 2.26. The fourth-order valence-electron chi connectivity index (χ4n) is 1.95. The summed E-state index contributed by atoms with van der Waals surface area (Å²) in [6.07, 6.45) is 0. The van der Waals surface area contributed by atoms with Crippen LogP contribution >= 0.6 is 22.9 Å². The van der Waals surface area contributed by atoms with Crippen molar-refractivity contribution in [2.45, 2.75) is 12.3 Å². The molecule has 0 radical (unpaired) electrons. The van der Waals surface area contributed by atoms with Crippen molar-refractivity contribution in [1.82, 2.24) is 9.80 Å². The zero-order valence-electron chi connectivity index (χ0n) is 10.1. The van der Waals surface area contributed by atoms with Crippen LogP contribution in [0.25, 0.3) is 0 Å². The van der Waals surface area contributed by atoms with Crippen LogP contribution in [0, 0.1) is 0 Å². The number of hydrogen-bond donors (Lipinski definition) is 0. The van der Waals surface area contributed by atoms with E-state index >= 15 is 0 Å². The van der Waals surface area contributed by atoms with Crippen molar-refractivity contribution in [3.63, 3.8) is 0 Å². The van der Waals surface area contributed by atoms with E-state index in [1.807, 2.05) is 16.8 Å². The molecule has 0 saturated carbocycles. The highest BCUT2D eigenvalue weighted by Crippen LogP contribution is 2.13. The summed E-state index contributed by atoms with van der Waals surface area (Å²) in [5.74, 6) is -0.0124. The van der Waals surface area contributed by atoms with Crippen LogP contribution in [0.15, 0.2) is 16.8 Å². The molecule has 0 N–H and O–H groups in total. The summed E-state index contributed by atoms with van der Waals surface area (Å²) < 4.78 is 0. The van der Waals surface area contributed by atoms with Gasteiger partial charge in [-0.25, -0.2) is 0 Å². The van der Waals surface area contributed by atoms with Crippen molar-refractivity contribution in [1.29, 1.82) is 0 Å². The van der Waals surface area contributed by atoms with Gasteiger partial charge in [0.1, 0.15) is 5.38 Å². The molecule has 0 aliphatic carbocycles. The normalized spacial score (nSPS) is 17.7. The van der Waals surface area contributed by atoms with Gasteiger partial charge in [-0.3, -0.25) is 9.59 Å². The monoisotopic (exact) mass is 286 g/mol. The number of piperazine rings is 1. The third-order valence-corrected chi connectivity index (χ3v) is 3.86. The van der Waals surface area contributed by atoms with Gasteiger partial charge >= 0.3 is 0 Å². The van der Waals surface area contributed by atoms with Crippen molar-refractivity contribution in [2.75, 3.05) is 26.2 Å². The van der Waals surface area contributed by atoms with E-state index in [1.54, 1.807) is 16.7 Å². The molecule has 1 fully saturated rings. The molecule has 0 aromatic carbocycles. The Balaban J connectivity index is 1.91. The molecule has 1 aromatic rings. The van der Waals surface area contributed by atoms with Gasteiger partial charge in [0, 0.05) is 31.6 Å². The van der Waals surface area contributed by atoms with Gasteiger partial charge in [-0.15, -0.1) is 11.6 Å². The Morgan fingerprint density at radius 3 is 2.39 bits per heavy atom. The standard InChI is InChI=1S/C12H15ClN2O2S/c1-9(13)11(16)14-3-5-15(6-4-14)12(17)10-2-7-18-8-10/h2,7-9H,3-6H2,1H3. The van der Waals surface area contributed by atoms with Gasteiger partial charge in [-0.1, -0.05) is 0 Å². The number of carbonyl (C=O) groups excluding carboxylic acids is 2. The first-order valence-electron chi connectivity index (χ1n) is 5.84. The van der Waals surface area contributed by atoms with E-state index < -0.39 is 5.38 Å². The number of rotatable bonds is 2. The van der Waals surface area contributed by atoms with Gasteiger partial charge in [0.05, 0.1) is 5.56 Å². The highest BCUT2D eigenvalue weighted by atomic mass is 35.5. The van der Waals surface area contributed by atoms with Crippen molar-refractivity contribution in [3.8, 4) is 0 Å². The number of halogens is 1. The summed E-state index contributed by atoms with van der Waals surface area (Å²) in [7, 11) is 0. The van der Waals surface area contributed by atoms with Gasteiger partial charge in [0.25, 0.3) is 5.91 Å². The number of nitrogens with zero attached hydrogens (tertiary/aromatic N) is 2. The number of alkyl halides is 1. The molecular weight excluding hydrogens is 272 g/mol. The van der Waals surface area contributed by atoms with Crippen LogP contribution in [0.5, 0.6) is 0 Å². The molecule has 2 amide bonds. The maximum Gasteiger partial charge on any atom is 0.254 e. The molecule has 1 unspecified atom stereocenters. The Bertz CT molecular complexity index is 425. The molecule has 1 aliphatic rings. The van der Waals surface area contributed by atoms with Crippen molar-refractivity contribution in [3.05, 3.63) is 22.4 Å². The third kappa shape index (κ3) is 2.84. The van der Waals surface area contributed by atoms with E-state index in [4.69, 9.17) is 11.6 Å². The number of carbonyl (C=O) groups is 2. The molecule has 0 bridgehead atoms. The Morgan fingerprint density at radius 2 is 1.89 bits per heavy atom. The third-order valence-electron chi connectivity index (χ3n) is 2.99. The fourth-order valence-corrected chi connectivity index (χ4v) is 2.72. The van der Waals surface area contributed by atoms with Crippen LogP contribution in [-0.2, 0) is 4.79 Å². The molecule has 6 heteroatoms. The van der Waals surface area contributed by atoms with Crippen LogP contribution < -0.4 is 0 Å². The Kier molecular flexibility index (Phi) is 4.24. The van der Waals surface area contributed by atoms with E-state index in [2.05, 4.69) is 0 Å². The van der Waals surface area contributed by atoms with Crippen molar-refractivity contribution < 1.29 is 9.59 Å². The number of amides is 2. The first kappa shape index (κ1) is 13.4. The molecule has 0 spiro atoms. The minimum atomic E-state index is -0.496. The number of hydrogen-bond acceptors (Lipinski definition) is 3. The summed E-state index contributed by atoms with van der Waals surface area (Å²) in [5, 5.41) is 3.24. The first-order valence-corrected chi connectivity index (χ1v) is 7.22. The quantitative estimate of drug-likeness (QED) is 0.776. The molecule has 1 saturated heterocycles. The van der Waals surface area contributed by atoms with Crippen molar-refractivity contribution in [2.24, 2.45) is 0 Å². The smallest absolute Gasteiger partial charge is 0.254 e. The van der Waals surface area contributed by atoms with Crippen LogP contribution in [-0.4, -0.2) is 53.2 Å². The predicted molar refractivity (Wildman–Crippen MR) is 72.1 cm³/mol. The van der Waals surface area contributed by atoms with Crippen molar-refractivity contribution >= 4 is 34.8 Å². The van der Waals surface area contributed by atoms with Crippen LogP contribution in [0.4, 0.5) is 0 Å². The predicted octanol–water partition coefficient (Wildman–Crippen LogP) is 1.66. The van der Waals surface area contributed by atoms with E-state index in [0.29, 0.717) is 26.2 Å². The average molecular weight is 287 g/mol. The molecule has 2 rings (SSSR count). The Morgan fingerprint density at radius 1 is 1.28 bits per heavy atom. The summed E-state index contributed by atoms with van der Waals surface area (Å²) in [6, 6.07) is 1.82. The van der Waals surface area contributed by atoms with Gasteiger partial charge in [0.2, 0.25) is 5.91 Å². The van der Waals surface area contributed by atoms with E-state index in [0.717, 1.165) is 5.56 Å². The molecule has 1 atom stereocenters. The lowest BCUT2D eigenvalue weighted by Crippen LogP contribution is -2.51. The van der Waals surface area contributed by atoms with Gasteiger partial charge in [-0.05, 0) is 18.4 Å². The summed E-state index contributed by atoms with van der Waals surface area (Å²) in [4.78, 5) is 27.3. The van der Waals surface area contributed by atoms with Gasteiger partial charge in [-0.2, -0.15) is 11.3 Å². The molecule has 18 heavy (non-hydrogen) atoms. The van der Waals surface area contributed by atoms with Crippen LogP contribution in [0.3, 0.4) is 0 Å². The topological polar surface area (TPSA) is 40.6 Å². The molecule has 2 heterocycles. The van der Waals surface area contributed by atoms with E-state index in [-0.39, 0.29) is 11.8 Å². The highest BCUT2D eigenvalue weighted by molar-refractivity contribution is 7.08. The van der Waals surface area contributed by atoms with E-state index in [9.17, 15) is 9.59 Å². The summed E-state index contributed by atoms with van der Waals surface area (Å²) in [5.41, 5.74) is 0.727. The lowest BCUT2D eigenvalue weighted by molar-refractivity contribution is -0.131.